The zero-order valence-corrected chi connectivity index (χ0v) is 20.5. The summed E-state index contributed by atoms with van der Waals surface area (Å²) in [4.78, 5) is 26.5. The summed E-state index contributed by atoms with van der Waals surface area (Å²) in [5.74, 6) is 0.649. The van der Waals surface area contributed by atoms with Crippen molar-refractivity contribution in [3.05, 3.63) is 93.2 Å². The van der Waals surface area contributed by atoms with Crippen molar-refractivity contribution >= 4 is 39.8 Å². The molecule has 0 fully saturated rings. The molecule has 0 saturated heterocycles. The largest absolute Gasteiger partial charge is 0.493 e. The lowest BCUT2D eigenvalue weighted by Gasteiger charge is -2.16. The summed E-state index contributed by atoms with van der Waals surface area (Å²) in [5, 5.41) is 7.39. The number of benzene rings is 3. The average molecular weight is 492 g/mol. The summed E-state index contributed by atoms with van der Waals surface area (Å²) >= 11 is 6.19. The van der Waals surface area contributed by atoms with Crippen molar-refractivity contribution in [2.24, 2.45) is 0 Å². The first-order valence-electron chi connectivity index (χ1n) is 11.0. The molecule has 2 N–H and O–H groups in total. The number of hydrogen-bond donors (Lipinski definition) is 2. The second-order valence-corrected chi connectivity index (χ2v) is 8.47. The van der Waals surface area contributed by atoms with Crippen molar-refractivity contribution in [1.29, 1.82) is 0 Å². The summed E-state index contributed by atoms with van der Waals surface area (Å²) in [5.41, 5.74) is 3.16. The number of rotatable bonds is 8. The highest BCUT2D eigenvalue weighted by molar-refractivity contribution is 6.31. The van der Waals surface area contributed by atoms with Gasteiger partial charge in [0.15, 0.2) is 11.5 Å². The number of ether oxygens (including phenoxy) is 2. The van der Waals surface area contributed by atoms with Crippen molar-refractivity contribution in [3.63, 3.8) is 0 Å². The molecule has 4 aromatic rings. The third-order valence-electron chi connectivity index (χ3n) is 5.69. The molecule has 0 bridgehead atoms. The fourth-order valence-corrected chi connectivity index (χ4v) is 4.00. The molecule has 0 aliphatic carbocycles. The SMILES string of the molecule is COc1cc2cc(CNc3ccccc3)c(=O)n(CC(=O)Nc3ccc(C)c(Cl)c3)c2cc1OC. The number of fused-ring (bicyclic) bond motifs is 1. The van der Waals surface area contributed by atoms with Crippen LogP contribution >= 0.6 is 11.6 Å². The predicted octanol–water partition coefficient (Wildman–Crippen LogP) is 5.23. The van der Waals surface area contributed by atoms with Gasteiger partial charge in [0.2, 0.25) is 5.91 Å². The monoisotopic (exact) mass is 491 g/mol. The van der Waals surface area contributed by atoms with Crippen LogP contribution in [0.1, 0.15) is 11.1 Å². The minimum Gasteiger partial charge on any atom is -0.493 e. The minimum absolute atomic E-state index is 0.185. The smallest absolute Gasteiger partial charge is 0.256 e. The van der Waals surface area contributed by atoms with Gasteiger partial charge in [-0.25, -0.2) is 0 Å². The van der Waals surface area contributed by atoms with Gasteiger partial charge >= 0.3 is 0 Å². The Morgan fingerprint density at radius 3 is 2.34 bits per heavy atom. The van der Waals surface area contributed by atoms with Gasteiger partial charge in [0, 0.05) is 40.0 Å². The number of nitrogens with one attached hydrogen (secondary N) is 2. The Morgan fingerprint density at radius 1 is 0.943 bits per heavy atom. The highest BCUT2D eigenvalue weighted by atomic mass is 35.5. The van der Waals surface area contributed by atoms with Crippen LogP contribution in [0.4, 0.5) is 11.4 Å². The summed E-state index contributed by atoms with van der Waals surface area (Å²) in [6, 6.07) is 20.2. The maximum atomic E-state index is 13.5. The van der Waals surface area contributed by atoms with Gasteiger partial charge in [-0.15, -0.1) is 0 Å². The topological polar surface area (TPSA) is 81.6 Å². The second-order valence-electron chi connectivity index (χ2n) is 8.06. The van der Waals surface area contributed by atoms with Crippen LogP contribution in [0, 0.1) is 6.92 Å². The predicted molar refractivity (Wildman–Crippen MR) is 140 cm³/mol. The summed E-state index contributed by atoms with van der Waals surface area (Å²) < 4.78 is 12.3. The molecule has 180 valence electrons. The number of carbonyl (C=O) groups is 1. The number of halogens is 1. The van der Waals surface area contributed by atoms with E-state index in [1.54, 1.807) is 31.4 Å². The Labute approximate surface area is 208 Å². The molecular formula is C27H26ClN3O4. The minimum atomic E-state index is -0.351. The molecule has 0 spiro atoms. The number of nitrogens with zero attached hydrogens (tertiary/aromatic N) is 1. The van der Waals surface area contributed by atoms with Crippen LogP contribution in [0.2, 0.25) is 5.02 Å². The number of carbonyl (C=O) groups excluding carboxylic acids is 1. The Balaban J connectivity index is 1.73. The van der Waals surface area contributed by atoms with E-state index in [1.807, 2.05) is 49.4 Å². The summed E-state index contributed by atoms with van der Waals surface area (Å²) in [6.45, 7) is 1.99. The van der Waals surface area contributed by atoms with Crippen LogP contribution in [0.15, 0.2) is 71.5 Å². The van der Waals surface area contributed by atoms with E-state index in [4.69, 9.17) is 21.1 Å². The van der Waals surface area contributed by atoms with Gasteiger partial charge < -0.3 is 20.1 Å². The average Bonchev–Trinajstić information content (AvgIpc) is 2.86. The fraction of sp³-hybridized carbons (Fsp3) is 0.185. The number of aromatic nitrogens is 1. The molecule has 0 unspecified atom stereocenters. The number of anilines is 2. The Kier molecular flexibility index (Phi) is 7.27. The lowest BCUT2D eigenvalue weighted by atomic mass is 10.1. The number of hydrogen-bond acceptors (Lipinski definition) is 5. The van der Waals surface area contributed by atoms with E-state index in [0.29, 0.717) is 39.8 Å². The third kappa shape index (κ3) is 5.41. The van der Waals surface area contributed by atoms with Gasteiger partial charge in [-0.1, -0.05) is 35.9 Å². The fourth-order valence-electron chi connectivity index (χ4n) is 3.82. The molecule has 0 atom stereocenters. The van der Waals surface area contributed by atoms with Crippen LogP contribution in [0.25, 0.3) is 10.9 Å². The molecule has 35 heavy (non-hydrogen) atoms. The first-order valence-corrected chi connectivity index (χ1v) is 11.4. The molecule has 1 heterocycles. The highest BCUT2D eigenvalue weighted by Gasteiger charge is 2.16. The van der Waals surface area contributed by atoms with Crippen LogP contribution in [-0.4, -0.2) is 24.7 Å². The molecule has 0 saturated carbocycles. The summed E-state index contributed by atoms with van der Waals surface area (Å²) in [6.07, 6.45) is 0. The Morgan fingerprint density at radius 2 is 1.66 bits per heavy atom. The number of pyridine rings is 1. The molecule has 0 aliphatic heterocycles. The van der Waals surface area contributed by atoms with Gasteiger partial charge in [0.05, 0.1) is 19.7 Å². The van der Waals surface area contributed by atoms with Crippen molar-refractivity contribution in [2.45, 2.75) is 20.0 Å². The zero-order chi connectivity index (χ0) is 24.9. The standard InChI is InChI=1S/C27H26ClN3O4/c1-17-9-10-21(13-22(17)28)30-26(32)16-31-23-14-25(35-3)24(34-2)12-18(23)11-19(27(31)33)15-29-20-7-5-4-6-8-20/h4-14,29H,15-16H2,1-3H3,(H,30,32). The number of amides is 1. The van der Waals surface area contributed by atoms with Gasteiger partial charge in [-0.2, -0.15) is 0 Å². The molecule has 8 heteroatoms. The van der Waals surface area contributed by atoms with Crippen molar-refractivity contribution in [1.82, 2.24) is 4.57 Å². The van der Waals surface area contributed by atoms with Crippen molar-refractivity contribution in [2.75, 3.05) is 24.9 Å². The molecule has 3 aromatic carbocycles. The van der Waals surface area contributed by atoms with E-state index in [2.05, 4.69) is 10.6 Å². The summed E-state index contributed by atoms with van der Waals surface area (Å²) in [7, 11) is 3.08. The van der Waals surface area contributed by atoms with E-state index in [1.165, 1.54) is 11.7 Å². The zero-order valence-electron chi connectivity index (χ0n) is 19.7. The molecule has 7 nitrogen and oxygen atoms in total. The first-order chi connectivity index (χ1) is 16.9. The Bertz CT molecular complexity index is 1430. The molecule has 0 radical (unpaired) electrons. The van der Waals surface area contributed by atoms with Gasteiger partial charge in [-0.3, -0.25) is 14.2 Å². The van der Waals surface area contributed by atoms with Crippen molar-refractivity contribution < 1.29 is 14.3 Å². The Hall–Kier alpha value is -3.97. The van der Waals surface area contributed by atoms with E-state index >= 15 is 0 Å². The quantitative estimate of drug-likeness (QED) is 0.352. The third-order valence-corrected chi connectivity index (χ3v) is 6.09. The first kappa shape index (κ1) is 24.2. The van der Waals surface area contributed by atoms with Crippen LogP contribution in [0.5, 0.6) is 11.5 Å². The normalized spacial score (nSPS) is 10.7. The second kappa shape index (κ2) is 10.5. The lowest BCUT2D eigenvalue weighted by molar-refractivity contribution is -0.116. The van der Waals surface area contributed by atoms with E-state index in [0.717, 1.165) is 16.6 Å². The maximum absolute atomic E-state index is 13.5. The van der Waals surface area contributed by atoms with Crippen LogP contribution in [0.3, 0.4) is 0 Å². The molecule has 1 amide bonds. The van der Waals surface area contributed by atoms with E-state index in [-0.39, 0.29) is 18.0 Å². The van der Waals surface area contributed by atoms with E-state index in [9.17, 15) is 9.59 Å². The molecular weight excluding hydrogens is 466 g/mol. The van der Waals surface area contributed by atoms with Gasteiger partial charge in [0.25, 0.3) is 5.56 Å². The lowest BCUT2D eigenvalue weighted by Crippen LogP contribution is -2.30. The number of aryl methyl sites for hydroxylation is 1. The highest BCUT2D eigenvalue weighted by Crippen LogP contribution is 2.32. The van der Waals surface area contributed by atoms with Crippen LogP contribution in [-0.2, 0) is 17.9 Å². The van der Waals surface area contributed by atoms with Gasteiger partial charge in [0.1, 0.15) is 6.54 Å². The number of para-hydroxylation sites is 1. The van der Waals surface area contributed by atoms with Crippen molar-refractivity contribution in [3.8, 4) is 11.5 Å². The molecule has 1 aromatic heterocycles. The maximum Gasteiger partial charge on any atom is 0.256 e. The number of methoxy groups -OCH3 is 2. The molecule has 0 aliphatic rings. The van der Waals surface area contributed by atoms with E-state index < -0.39 is 0 Å². The molecule has 4 rings (SSSR count). The van der Waals surface area contributed by atoms with Crippen LogP contribution < -0.4 is 25.7 Å². The van der Waals surface area contributed by atoms with Gasteiger partial charge in [-0.05, 0) is 48.9 Å².